The van der Waals surface area contributed by atoms with Crippen molar-refractivity contribution in [1.82, 2.24) is 14.9 Å². The normalized spacial score (nSPS) is 23.4. The van der Waals surface area contributed by atoms with E-state index in [9.17, 15) is 18.8 Å². The van der Waals surface area contributed by atoms with E-state index in [4.69, 9.17) is 17.3 Å². The Labute approximate surface area is 189 Å². The number of rotatable bonds is 4. The fourth-order valence-corrected chi connectivity index (χ4v) is 5.26. The second-order valence-electron chi connectivity index (χ2n) is 8.57. The number of hydrogen-bond acceptors (Lipinski definition) is 4. The first-order valence-corrected chi connectivity index (χ1v) is 11.0. The largest absolute Gasteiger partial charge is 0.364 e. The highest BCUT2D eigenvalue weighted by Crippen LogP contribution is 2.46. The topological polar surface area (TPSA) is 112 Å². The average Bonchev–Trinajstić information content (AvgIpc) is 3.26. The zero-order chi connectivity index (χ0) is 23.0. The van der Waals surface area contributed by atoms with E-state index in [1.807, 2.05) is 0 Å². The standard InChI is InChI=1S/C22H25ClFN5O3/c1-28(20(31)18-17(19(25)30)26-12-27-18)14-5-8-22(9-6-14)7-2-10-29(21(22)32)16-4-3-13(24)11-15(16)23/h3-4,11-12,14H,2,5-10H2,1H3,(H2,25,30)(H,26,27). The molecule has 2 heterocycles. The molecule has 3 N–H and O–H groups in total. The van der Waals surface area contributed by atoms with Crippen molar-refractivity contribution in [3.8, 4) is 0 Å². The van der Waals surface area contributed by atoms with Gasteiger partial charge in [-0.15, -0.1) is 0 Å². The highest BCUT2D eigenvalue weighted by Gasteiger charge is 2.47. The van der Waals surface area contributed by atoms with E-state index >= 15 is 0 Å². The Kier molecular flexibility index (Phi) is 5.94. The Hall–Kier alpha value is -2.94. The van der Waals surface area contributed by atoms with Crippen LogP contribution >= 0.6 is 11.6 Å². The minimum absolute atomic E-state index is 0.00858. The smallest absolute Gasteiger partial charge is 0.272 e. The summed E-state index contributed by atoms with van der Waals surface area (Å²) in [6.07, 6.45) is 5.45. The lowest BCUT2D eigenvalue weighted by atomic mass is 9.67. The number of aromatic amines is 1. The van der Waals surface area contributed by atoms with Crippen LogP contribution in [0.3, 0.4) is 0 Å². The van der Waals surface area contributed by atoms with E-state index in [1.165, 1.54) is 18.5 Å². The predicted molar refractivity (Wildman–Crippen MR) is 117 cm³/mol. The number of nitrogens with two attached hydrogens (primary N) is 1. The third kappa shape index (κ3) is 3.85. The number of hydrogen-bond donors (Lipinski definition) is 2. The summed E-state index contributed by atoms with van der Waals surface area (Å²) in [5, 5.41) is 0.222. The molecular formula is C22H25ClFN5O3. The molecule has 1 aliphatic heterocycles. The highest BCUT2D eigenvalue weighted by molar-refractivity contribution is 6.33. The van der Waals surface area contributed by atoms with Crippen molar-refractivity contribution >= 4 is 35.0 Å². The van der Waals surface area contributed by atoms with Gasteiger partial charge in [-0.2, -0.15) is 0 Å². The zero-order valence-electron chi connectivity index (χ0n) is 17.7. The molecule has 0 unspecified atom stereocenters. The fraction of sp³-hybridized carbons (Fsp3) is 0.455. The van der Waals surface area contributed by atoms with Crippen LogP contribution < -0.4 is 10.6 Å². The van der Waals surface area contributed by atoms with E-state index in [0.29, 0.717) is 37.9 Å². The number of nitrogens with zero attached hydrogens (tertiary/aromatic N) is 3. The van der Waals surface area contributed by atoms with Crippen LogP contribution in [0.15, 0.2) is 24.5 Å². The summed E-state index contributed by atoms with van der Waals surface area (Å²) in [7, 11) is 1.68. The summed E-state index contributed by atoms with van der Waals surface area (Å²) in [4.78, 5) is 47.7. The van der Waals surface area contributed by atoms with Gasteiger partial charge in [-0.05, 0) is 56.7 Å². The van der Waals surface area contributed by atoms with Gasteiger partial charge in [-0.3, -0.25) is 14.4 Å². The number of benzene rings is 1. The first-order chi connectivity index (χ1) is 15.2. The van der Waals surface area contributed by atoms with E-state index in [-0.39, 0.29) is 34.3 Å². The van der Waals surface area contributed by atoms with Crippen molar-refractivity contribution < 1.29 is 18.8 Å². The van der Waals surface area contributed by atoms with E-state index < -0.39 is 17.1 Å². The number of piperidine rings is 1. The molecule has 1 spiro atoms. The quantitative estimate of drug-likeness (QED) is 0.728. The number of aromatic nitrogens is 2. The van der Waals surface area contributed by atoms with Crippen molar-refractivity contribution in [3.63, 3.8) is 0 Å². The average molecular weight is 462 g/mol. The van der Waals surface area contributed by atoms with Gasteiger partial charge >= 0.3 is 0 Å². The van der Waals surface area contributed by atoms with E-state index in [1.54, 1.807) is 22.9 Å². The van der Waals surface area contributed by atoms with Crippen molar-refractivity contribution in [1.29, 1.82) is 0 Å². The first-order valence-electron chi connectivity index (χ1n) is 10.6. The number of primary amides is 1. The van der Waals surface area contributed by atoms with Gasteiger partial charge in [0.1, 0.15) is 11.5 Å². The highest BCUT2D eigenvalue weighted by atomic mass is 35.5. The predicted octanol–water partition coefficient (Wildman–Crippen LogP) is 3.13. The zero-order valence-corrected chi connectivity index (χ0v) is 18.5. The number of imidazole rings is 1. The minimum Gasteiger partial charge on any atom is -0.364 e. The Morgan fingerprint density at radius 2 is 2.03 bits per heavy atom. The summed E-state index contributed by atoms with van der Waals surface area (Å²) in [6, 6.07) is 4.00. The van der Waals surface area contributed by atoms with Gasteiger partial charge < -0.3 is 20.5 Å². The summed E-state index contributed by atoms with van der Waals surface area (Å²) >= 11 is 6.22. The molecule has 2 aliphatic rings. The lowest BCUT2D eigenvalue weighted by molar-refractivity contribution is -0.133. The van der Waals surface area contributed by atoms with Crippen LogP contribution in [0.2, 0.25) is 5.02 Å². The second-order valence-corrected chi connectivity index (χ2v) is 8.98. The third-order valence-corrected chi connectivity index (χ3v) is 7.11. The van der Waals surface area contributed by atoms with Gasteiger partial charge in [0.15, 0.2) is 5.69 Å². The number of halogens is 2. The van der Waals surface area contributed by atoms with Crippen molar-refractivity contribution in [2.24, 2.45) is 11.1 Å². The van der Waals surface area contributed by atoms with E-state index in [2.05, 4.69) is 9.97 Å². The van der Waals surface area contributed by atoms with Crippen LogP contribution in [-0.2, 0) is 4.79 Å². The molecule has 170 valence electrons. The van der Waals surface area contributed by atoms with Gasteiger partial charge in [-0.25, -0.2) is 9.37 Å². The molecule has 1 saturated carbocycles. The summed E-state index contributed by atoms with van der Waals surface area (Å²) in [6.45, 7) is 0.545. The second kappa shape index (κ2) is 8.54. The molecule has 2 aromatic rings. The number of carbonyl (C=O) groups excluding carboxylic acids is 3. The van der Waals surface area contributed by atoms with Crippen LogP contribution in [0.25, 0.3) is 0 Å². The maximum Gasteiger partial charge on any atom is 0.272 e. The van der Waals surface area contributed by atoms with Crippen LogP contribution in [0, 0.1) is 11.2 Å². The first kappa shape index (κ1) is 22.3. The van der Waals surface area contributed by atoms with Gasteiger partial charge in [-0.1, -0.05) is 11.6 Å². The molecule has 8 nitrogen and oxygen atoms in total. The number of anilines is 1. The third-order valence-electron chi connectivity index (χ3n) is 6.80. The van der Waals surface area contributed by atoms with Gasteiger partial charge in [0.2, 0.25) is 5.91 Å². The van der Waals surface area contributed by atoms with Gasteiger partial charge in [0.05, 0.1) is 17.0 Å². The number of carbonyl (C=O) groups is 3. The molecule has 0 bridgehead atoms. The van der Waals surface area contributed by atoms with Crippen LogP contribution in [0.4, 0.5) is 10.1 Å². The molecule has 1 aromatic heterocycles. The Balaban J connectivity index is 1.47. The van der Waals surface area contributed by atoms with Crippen LogP contribution in [0.1, 0.15) is 59.5 Å². The molecule has 4 rings (SSSR count). The number of amides is 3. The van der Waals surface area contributed by atoms with Crippen LogP contribution in [-0.4, -0.2) is 52.2 Å². The lowest BCUT2D eigenvalue weighted by Crippen LogP contribution is -2.52. The Bertz CT molecular complexity index is 1060. The minimum atomic E-state index is -0.766. The summed E-state index contributed by atoms with van der Waals surface area (Å²) in [5.41, 5.74) is 5.32. The van der Waals surface area contributed by atoms with Gasteiger partial charge in [0, 0.05) is 25.0 Å². The van der Waals surface area contributed by atoms with Crippen molar-refractivity contribution in [2.75, 3.05) is 18.5 Å². The molecule has 2 fully saturated rings. The van der Waals surface area contributed by atoms with Crippen LogP contribution in [0.5, 0.6) is 0 Å². The molecule has 3 amide bonds. The van der Waals surface area contributed by atoms with E-state index in [0.717, 1.165) is 12.8 Å². The molecule has 32 heavy (non-hydrogen) atoms. The number of H-pyrrole nitrogens is 1. The maximum atomic E-state index is 13.5. The Morgan fingerprint density at radius 3 is 2.69 bits per heavy atom. The Morgan fingerprint density at radius 1 is 1.31 bits per heavy atom. The molecule has 1 aromatic carbocycles. The fourth-order valence-electron chi connectivity index (χ4n) is 4.99. The number of nitrogens with one attached hydrogen (secondary N) is 1. The summed E-state index contributed by atoms with van der Waals surface area (Å²) in [5.74, 6) is -1.55. The molecular weight excluding hydrogens is 437 g/mol. The van der Waals surface area contributed by atoms with Gasteiger partial charge in [0.25, 0.3) is 11.8 Å². The maximum absolute atomic E-state index is 13.5. The molecule has 1 aliphatic carbocycles. The monoisotopic (exact) mass is 461 g/mol. The lowest BCUT2D eigenvalue weighted by Gasteiger charge is -2.46. The van der Waals surface area contributed by atoms with Crippen molar-refractivity contribution in [2.45, 2.75) is 44.6 Å². The molecule has 0 radical (unpaired) electrons. The summed E-state index contributed by atoms with van der Waals surface area (Å²) < 4.78 is 13.5. The molecule has 1 saturated heterocycles. The molecule has 10 heteroatoms. The van der Waals surface area contributed by atoms with Crippen molar-refractivity contribution in [3.05, 3.63) is 46.8 Å². The SMILES string of the molecule is CN(C(=O)c1[nH]cnc1C(N)=O)C1CCC2(CCCN(c3ccc(F)cc3Cl)C2=O)CC1. The molecule has 0 atom stereocenters.